The maximum absolute atomic E-state index is 11.7. The van der Waals surface area contributed by atoms with E-state index in [0.29, 0.717) is 0 Å². The number of hydrogen-bond donors (Lipinski definition) is 0. The summed E-state index contributed by atoms with van der Waals surface area (Å²) in [4.78, 5) is 11.6. The molecule has 0 bridgehead atoms. The average Bonchev–Trinajstić information content (AvgIpc) is 3.07. The van der Waals surface area contributed by atoms with Crippen molar-refractivity contribution in [2.24, 2.45) is 0 Å². The lowest BCUT2D eigenvalue weighted by Gasteiger charge is -2.01. The Morgan fingerprint density at radius 2 is 1.79 bits per heavy atom. The third kappa shape index (κ3) is 5.16. The summed E-state index contributed by atoms with van der Waals surface area (Å²) >= 11 is 1.91. The molecule has 2 rings (SSSR count). The highest BCUT2D eigenvalue weighted by molar-refractivity contribution is 7.95. The van der Waals surface area contributed by atoms with Gasteiger partial charge in [0.25, 0.3) is 0 Å². The fourth-order valence-corrected chi connectivity index (χ4v) is 3.36. The van der Waals surface area contributed by atoms with Crippen molar-refractivity contribution in [1.29, 1.82) is 0 Å². The van der Waals surface area contributed by atoms with E-state index in [0.717, 1.165) is 11.1 Å². The number of rotatable bonds is 6. The van der Waals surface area contributed by atoms with Crippen LogP contribution >= 0.6 is 22.7 Å². The number of ketones is 1. The zero-order valence-electron chi connectivity index (χ0n) is 10.0. The van der Waals surface area contributed by atoms with Gasteiger partial charge in [-0.05, 0) is 68.1 Å². The van der Waals surface area contributed by atoms with E-state index in [9.17, 15) is 9.35 Å². The van der Waals surface area contributed by atoms with E-state index in [1.807, 2.05) is 33.7 Å². The molecule has 1 unspecified atom stereocenters. The van der Waals surface area contributed by atoms with Gasteiger partial charge < -0.3 is 4.55 Å². The van der Waals surface area contributed by atoms with E-state index in [-0.39, 0.29) is 11.5 Å². The topological polar surface area (TPSA) is 40.1 Å². The molecule has 5 heteroatoms. The van der Waals surface area contributed by atoms with E-state index in [1.54, 1.807) is 40.2 Å². The fraction of sp³-hybridized carbons (Fsp3) is 0.0714. The summed E-state index contributed by atoms with van der Waals surface area (Å²) < 4.78 is 11.7. The van der Waals surface area contributed by atoms with Crippen molar-refractivity contribution in [1.82, 2.24) is 0 Å². The lowest BCUT2D eigenvalue weighted by molar-refractivity contribution is -0.112. The molecule has 98 valence electrons. The van der Waals surface area contributed by atoms with Gasteiger partial charge in [-0.1, -0.05) is 6.08 Å². The van der Waals surface area contributed by atoms with Gasteiger partial charge in [0.05, 0.1) is 0 Å². The average molecular weight is 308 g/mol. The third-order valence-corrected chi connectivity index (χ3v) is 4.66. The van der Waals surface area contributed by atoms with Crippen LogP contribution in [0.3, 0.4) is 0 Å². The molecule has 0 N–H and O–H groups in total. The monoisotopic (exact) mass is 308 g/mol. The second kappa shape index (κ2) is 7.45. The molecule has 0 amide bonds. The van der Waals surface area contributed by atoms with Crippen molar-refractivity contribution >= 4 is 51.8 Å². The smallest absolute Gasteiger partial charge is 0.205 e. The summed E-state index contributed by atoms with van der Waals surface area (Å²) in [7, 11) is 0. The van der Waals surface area contributed by atoms with E-state index >= 15 is 0 Å². The first-order valence-electron chi connectivity index (χ1n) is 5.55. The first-order chi connectivity index (χ1) is 9.24. The van der Waals surface area contributed by atoms with E-state index in [2.05, 4.69) is 0 Å². The van der Waals surface area contributed by atoms with Crippen molar-refractivity contribution in [2.45, 2.75) is 0 Å². The van der Waals surface area contributed by atoms with Crippen molar-refractivity contribution in [2.75, 3.05) is 5.75 Å². The Balaban J connectivity index is 1.82. The van der Waals surface area contributed by atoms with Crippen LogP contribution in [-0.2, 0) is 16.0 Å². The minimum Gasteiger partial charge on any atom is -0.612 e. The van der Waals surface area contributed by atoms with Gasteiger partial charge in [0.2, 0.25) is 5.78 Å². The number of thiophene rings is 2. The molecule has 2 aromatic heterocycles. The van der Waals surface area contributed by atoms with Crippen LogP contribution in [0.15, 0.2) is 45.1 Å². The Morgan fingerprint density at radius 1 is 1.16 bits per heavy atom. The van der Waals surface area contributed by atoms with Gasteiger partial charge in [-0.2, -0.15) is 22.7 Å². The lowest BCUT2D eigenvalue weighted by Crippen LogP contribution is -2.11. The Hall–Kier alpha value is -1.14. The summed E-state index contributed by atoms with van der Waals surface area (Å²) in [6.45, 7) is 0. The minimum atomic E-state index is -1.26. The zero-order valence-corrected chi connectivity index (χ0v) is 12.5. The number of hydrogen-bond acceptors (Lipinski definition) is 4. The largest absolute Gasteiger partial charge is 0.612 e. The highest BCUT2D eigenvalue weighted by atomic mass is 32.2. The number of carbonyl (C=O) groups is 1. The Labute approximate surface area is 123 Å². The van der Waals surface area contributed by atoms with Crippen molar-refractivity contribution in [3.8, 4) is 0 Å². The molecule has 0 fully saturated rings. The van der Waals surface area contributed by atoms with Gasteiger partial charge in [0, 0.05) is 0 Å². The summed E-state index contributed by atoms with van der Waals surface area (Å²) in [6.07, 6.45) is 5.01. The molecule has 19 heavy (non-hydrogen) atoms. The molecule has 0 aromatic carbocycles. The van der Waals surface area contributed by atoms with Crippen LogP contribution < -0.4 is 0 Å². The van der Waals surface area contributed by atoms with Crippen LogP contribution in [0.4, 0.5) is 0 Å². The molecule has 0 aliphatic rings. The van der Waals surface area contributed by atoms with Crippen LogP contribution in [0, 0.1) is 0 Å². The van der Waals surface area contributed by atoms with Crippen LogP contribution in [0.1, 0.15) is 11.1 Å². The second-order valence-electron chi connectivity index (χ2n) is 3.74. The predicted octanol–water partition coefficient (Wildman–Crippen LogP) is 3.81. The standard InChI is InChI=1S/C14H12O2S3/c15-14(2-1-12-3-6-17-9-12)11-19(16)8-5-13-4-7-18-10-13/h1-10H,11H2/b2-1-,8-5+. The zero-order chi connectivity index (χ0) is 13.5. The first kappa shape index (κ1) is 14.3. The summed E-state index contributed by atoms with van der Waals surface area (Å²) in [5, 5.41) is 9.39. The summed E-state index contributed by atoms with van der Waals surface area (Å²) in [5.41, 5.74) is 2.01. The molecule has 2 aromatic rings. The normalized spacial score (nSPS) is 13.3. The molecular weight excluding hydrogens is 296 g/mol. The van der Waals surface area contributed by atoms with Crippen LogP contribution in [0.2, 0.25) is 0 Å². The molecule has 0 saturated heterocycles. The quantitative estimate of drug-likeness (QED) is 0.601. The molecule has 0 aliphatic heterocycles. The maximum Gasteiger partial charge on any atom is 0.205 e. The second-order valence-corrected chi connectivity index (χ2v) is 6.62. The number of carbonyl (C=O) groups excluding carboxylic acids is 1. The highest BCUT2D eigenvalue weighted by Gasteiger charge is 2.07. The van der Waals surface area contributed by atoms with Crippen LogP contribution in [0.5, 0.6) is 0 Å². The van der Waals surface area contributed by atoms with Crippen molar-refractivity contribution in [3.63, 3.8) is 0 Å². The fourth-order valence-electron chi connectivity index (χ4n) is 1.32. The van der Waals surface area contributed by atoms with Crippen molar-refractivity contribution < 1.29 is 9.35 Å². The highest BCUT2D eigenvalue weighted by Crippen LogP contribution is 2.10. The van der Waals surface area contributed by atoms with E-state index in [4.69, 9.17) is 0 Å². The molecule has 2 heterocycles. The maximum atomic E-state index is 11.7. The molecule has 0 radical (unpaired) electrons. The lowest BCUT2D eigenvalue weighted by atomic mass is 10.3. The molecule has 0 saturated carbocycles. The molecular formula is C14H12O2S3. The third-order valence-electron chi connectivity index (χ3n) is 2.24. The predicted molar refractivity (Wildman–Crippen MR) is 84.7 cm³/mol. The molecule has 2 nitrogen and oxygen atoms in total. The van der Waals surface area contributed by atoms with Gasteiger partial charge in [0.15, 0.2) is 5.75 Å². The Kier molecular flexibility index (Phi) is 5.60. The van der Waals surface area contributed by atoms with Gasteiger partial charge in [-0.15, -0.1) is 0 Å². The first-order valence-corrected chi connectivity index (χ1v) is 8.81. The summed E-state index contributed by atoms with van der Waals surface area (Å²) in [6, 6.07) is 3.87. The van der Waals surface area contributed by atoms with Gasteiger partial charge >= 0.3 is 0 Å². The minimum absolute atomic E-state index is 0.0290. The van der Waals surface area contributed by atoms with Crippen LogP contribution in [0.25, 0.3) is 12.2 Å². The van der Waals surface area contributed by atoms with Gasteiger partial charge in [0.1, 0.15) is 5.41 Å². The summed E-state index contributed by atoms with van der Waals surface area (Å²) in [5.74, 6) is -0.0964. The van der Waals surface area contributed by atoms with Crippen molar-refractivity contribution in [3.05, 3.63) is 56.3 Å². The van der Waals surface area contributed by atoms with Gasteiger partial charge in [-0.3, -0.25) is 4.79 Å². The molecule has 0 spiro atoms. The Morgan fingerprint density at radius 3 is 2.37 bits per heavy atom. The SMILES string of the molecule is O=C(/C=C\c1ccsc1)C[S+]([O-])/C=C/c1ccsc1. The Bertz CT molecular complexity index is 554. The molecule has 1 atom stereocenters. The van der Waals surface area contributed by atoms with Gasteiger partial charge in [-0.25, -0.2) is 0 Å². The van der Waals surface area contributed by atoms with E-state index < -0.39 is 11.2 Å². The van der Waals surface area contributed by atoms with E-state index in [1.165, 1.54) is 6.08 Å². The molecule has 0 aliphatic carbocycles. The van der Waals surface area contributed by atoms with Crippen LogP contribution in [-0.4, -0.2) is 16.1 Å². The number of allylic oxidation sites excluding steroid dienone is 1.